The van der Waals surface area contributed by atoms with E-state index >= 15 is 0 Å². The minimum atomic E-state index is -0.333. The van der Waals surface area contributed by atoms with Gasteiger partial charge in [-0.15, -0.1) is 11.3 Å². The maximum absolute atomic E-state index is 12.1. The summed E-state index contributed by atoms with van der Waals surface area (Å²) in [6.45, 7) is 4.88. The smallest absolute Gasteiger partial charge is 0.341 e. The molecule has 0 bridgehead atoms. The van der Waals surface area contributed by atoms with Crippen LogP contribution >= 0.6 is 23.6 Å². The van der Waals surface area contributed by atoms with Crippen LogP contribution in [0.25, 0.3) is 0 Å². The molecule has 4 nitrogen and oxygen atoms in total. The van der Waals surface area contributed by atoms with Crippen LogP contribution in [0.4, 0.5) is 5.00 Å². The van der Waals surface area contributed by atoms with Crippen LogP contribution in [0.5, 0.6) is 0 Å². The summed E-state index contributed by atoms with van der Waals surface area (Å²) in [5, 5.41) is 9.49. The number of benzene rings is 1. The number of hydrogen-bond acceptors (Lipinski definition) is 4. The van der Waals surface area contributed by atoms with Crippen molar-refractivity contribution in [2.24, 2.45) is 5.92 Å². The lowest BCUT2D eigenvalue weighted by atomic mass is 10.0. The van der Waals surface area contributed by atoms with Gasteiger partial charge in [0.05, 0.1) is 12.7 Å². The first kappa shape index (κ1) is 18.4. The number of hydrogen-bond donors (Lipinski definition) is 2. The molecule has 0 saturated heterocycles. The Kier molecular flexibility index (Phi) is 6.75. The highest BCUT2D eigenvalue weighted by Gasteiger charge is 2.21. The molecule has 1 aromatic carbocycles. The molecule has 128 valence electrons. The Balaban J connectivity index is 2.06. The van der Waals surface area contributed by atoms with E-state index in [-0.39, 0.29) is 5.97 Å². The number of carbonyl (C=O) groups is 1. The Hall–Kier alpha value is -1.92. The summed E-state index contributed by atoms with van der Waals surface area (Å²) in [5.41, 5.74) is 2.72. The third kappa shape index (κ3) is 5.04. The zero-order chi connectivity index (χ0) is 17.5. The molecule has 0 atom stereocenters. The molecule has 0 aliphatic heterocycles. The molecular weight excluding hydrogens is 340 g/mol. The second-order valence-corrected chi connectivity index (χ2v) is 7.14. The summed E-state index contributed by atoms with van der Waals surface area (Å²) in [6.07, 6.45) is 0.826. The molecule has 0 amide bonds. The van der Waals surface area contributed by atoms with Crippen LogP contribution in [-0.4, -0.2) is 18.2 Å². The number of carbonyl (C=O) groups excluding carboxylic acids is 1. The zero-order valence-electron chi connectivity index (χ0n) is 14.1. The van der Waals surface area contributed by atoms with Gasteiger partial charge in [0.2, 0.25) is 0 Å². The van der Waals surface area contributed by atoms with E-state index < -0.39 is 0 Å². The highest BCUT2D eigenvalue weighted by Crippen LogP contribution is 2.30. The van der Waals surface area contributed by atoms with Crippen molar-refractivity contribution in [1.82, 2.24) is 5.32 Å². The lowest BCUT2D eigenvalue weighted by molar-refractivity contribution is 0.0601. The van der Waals surface area contributed by atoms with Crippen LogP contribution in [0.15, 0.2) is 35.7 Å². The van der Waals surface area contributed by atoms with Crippen molar-refractivity contribution >= 4 is 39.6 Å². The zero-order valence-corrected chi connectivity index (χ0v) is 15.7. The average Bonchev–Trinajstić information content (AvgIpc) is 2.94. The van der Waals surface area contributed by atoms with Crippen molar-refractivity contribution in [3.8, 4) is 0 Å². The Morgan fingerprint density at radius 3 is 2.62 bits per heavy atom. The van der Waals surface area contributed by atoms with Gasteiger partial charge in [0.1, 0.15) is 5.00 Å². The summed E-state index contributed by atoms with van der Waals surface area (Å²) in [5.74, 6) is 0.124. The number of methoxy groups -OCH3 is 1. The van der Waals surface area contributed by atoms with E-state index in [1.54, 1.807) is 0 Å². The van der Waals surface area contributed by atoms with E-state index in [2.05, 4.69) is 24.5 Å². The van der Waals surface area contributed by atoms with Gasteiger partial charge in [0.15, 0.2) is 5.11 Å². The molecule has 2 N–H and O–H groups in total. The molecule has 0 saturated carbocycles. The fraction of sp³-hybridized carbons (Fsp3) is 0.333. The maximum atomic E-state index is 12.1. The van der Waals surface area contributed by atoms with E-state index in [1.165, 1.54) is 18.4 Å². The number of ether oxygens (including phenoxy) is 1. The third-order valence-corrected chi connectivity index (χ3v) is 4.60. The van der Waals surface area contributed by atoms with Crippen molar-refractivity contribution in [3.05, 3.63) is 52.4 Å². The van der Waals surface area contributed by atoms with E-state index in [9.17, 15) is 4.79 Å². The number of rotatable bonds is 6. The van der Waals surface area contributed by atoms with Gasteiger partial charge in [-0.2, -0.15) is 0 Å². The van der Waals surface area contributed by atoms with Crippen molar-refractivity contribution < 1.29 is 9.53 Å². The lowest BCUT2D eigenvalue weighted by Crippen LogP contribution is -2.28. The minimum Gasteiger partial charge on any atom is -0.465 e. The third-order valence-electron chi connectivity index (χ3n) is 3.41. The van der Waals surface area contributed by atoms with Crippen LogP contribution in [0.1, 0.15) is 35.3 Å². The number of thiocarbonyl (C=S) groups is 1. The molecule has 0 spiro atoms. The fourth-order valence-corrected chi connectivity index (χ4v) is 3.53. The quantitative estimate of drug-likeness (QED) is 0.595. The summed E-state index contributed by atoms with van der Waals surface area (Å²) < 4.78 is 4.93. The highest BCUT2D eigenvalue weighted by molar-refractivity contribution is 7.80. The van der Waals surface area contributed by atoms with Gasteiger partial charge >= 0.3 is 5.97 Å². The Morgan fingerprint density at radius 2 is 2.00 bits per heavy atom. The molecule has 0 radical (unpaired) electrons. The van der Waals surface area contributed by atoms with Gasteiger partial charge in [0.25, 0.3) is 0 Å². The number of esters is 1. The fourth-order valence-electron chi connectivity index (χ4n) is 2.33. The topological polar surface area (TPSA) is 50.4 Å². The Morgan fingerprint density at radius 1 is 1.29 bits per heavy atom. The number of nitrogens with one attached hydrogen (secondary N) is 2. The second kappa shape index (κ2) is 8.80. The predicted octanol–water partition coefficient (Wildman–Crippen LogP) is 4.22. The Labute approximate surface area is 152 Å². The summed E-state index contributed by atoms with van der Waals surface area (Å²) in [6, 6.07) is 10.0. The second-order valence-electron chi connectivity index (χ2n) is 5.85. The first-order valence-corrected chi connectivity index (χ1v) is 9.07. The molecule has 0 aliphatic carbocycles. The summed E-state index contributed by atoms with van der Waals surface area (Å²) >= 11 is 6.82. The normalized spacial score (nSPS) is 10.5. The number of anilines is 1. The number of thiophene rings is 1. The van der Waals surface area contributed by atoms with Crippen LogP contribution in [0.2, 0.25) is 0 Å². The minimum absolute atomic E-state index is 0.333. The molecule has 0 aliphatic rings. The highest BCUT2D eigenvalue weighted by atomic mass is 32.1. The first-order valence-electron chi connectivity index (χ1n) is 7.78. The van der Waals surface area contributed by atoms with Gasteiger partial charge in [0, 0.05) is 6.54 Å². The SMILES string of the molecule is COC(=O)c1c(CC(C)C)csc1NC(=S)NCc1ccccc1. The lowest BCUT2D eigenvalue weighted by Gasteiger charge is -2.12. The average molecular weight is 363 g/mol. The largest absolute Gasteiger partial charge is 0.465 e. The molecule has 0 unspecified atom stereocenters. The maximum Gasteiger partial charge on any atom is 0.341 e. The van der Waals surface area contributed by atoms with E-state index in [1.807, 2.05) is 35.7 Å². The van der Waals surface area contributed by atoms with Gasteiger partial charge in [-0.1, -0.05) is 44.2 Å². The predicted molar refractivity (Wildman–Crippen MR) is 104 cm³/mol. The molecule has 24 heavy (non-hydrogen) atoms. The van der Waals surface area contributed by atoms with Gasteiger partial charge in [-0.25, -0.2) is 4.79 Å². The van der Waals surface area contributed by atoms with Crippen LogP contribution < -0.4 is 10.6 Å². The van der Waals surface area contributed by atoms with Crippen molar-refractivity contribution in [1.29, 1.82) is 0 Å². The van der Waals surface area contributed by atoms with Gasteiger partial charge in [-0.3, -0.25) is 0 Å². The van der Waals surface area contributed by atoms with E-state index in [0.29, 0.717) is 23.1 Å². The first-order chi connectivity index (χ1) is 11.5. The molecule has 1 heterocycles. The van der Waals surface area contributed by atoms with Crippen molar-refractivity contribution in [3.63, 3.8) is 0 Å². The molecule has 1 aromatic heterocycles. The van der Waals surface area contributed by atoms with Crippen molar-refractivity contribution in [2.45, 2.75) is 26.8 Å². The molecule has 2 aromatic rings. The van der Waals surface area contributed by atoms with E-state index in [0.717, 1.165) is 22.5 Å². The van der Waals surface area contributed by atoms with Crippen LogP contribution in [-0.2, 0) is 17.7 Å². The molecular formula is C18H22N2O2S2. The molecule has 2 rings (SSSR count). The van der Waals surface area contributed by atoms with Crippen molar-refractivity contribution in [2.75, 3.05) is 12.4 Å². The van der Waals surface area contributed by atoms with E-state index in [4.69, 9.17) is 17.0 Å². The van der Waals surface area contributed by atoms with Gasteiger partial charge in [-0.05, 0) is 41.1 Å². The van der Waals surface area contributed by atoms with Crippen LogP contribution in [0, 0.1) is 5.92 Å². The Bertz CT molecular complexity index is 696. The summed E-state index contributed by atoms with van der Waals surface area (Å²) in [4.78, 5) is 12.1. The van der Waals surface area contributed by atoms with Crippen LogP contribution in [0.3, 0.4) is 0 Å². The molecule has 0 fully saturated rings. The van der Waals surface area contributed by atoms with Gasteiger partial charge < -0.3 is 15.4 Å². The summed E-state index contributed by atoms with van der Waals surface area (Å²) in [7, 11) is 1.40. The monoisotopic (exact) mass is 362 g/mol. The standard InChI is InChI=1S/C18H22N2O2S2/c1-12(2)9-14-11-24-16(15(14)17(21)22-3)20-18(23)19-10-13-7-5-4-6-8-13/h4-8,11-12H,9-10H2,1-3H3,(H2,19,20,23). The molecule has 6 heteroatoms.